The highest BCUT2D eigenvalue weighted by Gasteiger charge is 2.44. The van der Waals surface area contributed by atoms with Gasteiger partial charge in [-0.05, 0) is 32.1 Å². The van der Waals surface area contributed by atoms with Gasteiger partial charge in [-0.1, -0.05) is 250 Å². The number of ether oxygens (including phenoxy) is 2. The van der Waals surface area contributed by atoms with Crippen LogP contribution >= 0.6 is 0 Å². The molecular weight excluding hydrogens is 803 g/mol. The van der Waals surface area contributed by atoms with Gasteiger partial charge in [-0.3, -0.25) is 4.79 Å². The van der Waals surface area contributed by atoms with Crippen molar-refractivity contribution in [3.63, 3.8) is 0 Å². The summed E-state index contributed by atoms with van der Waals surface area (Å²) in [7, 11) is 0. The molecule has 0 aromatic heterocycles. The zero-order valence-electron chi connectivity index (χ0n) is 41.8. The van der Waals surface area contributed by atoms with Crippen LogP contribution < -0.4 is 5.32 Å². The van der Waals surface area contributed by atoms with E-state index in [1.165, 1.54) is 205 Å². The third-order valence-electron chi connectivity index (χ3n) is 13.3. The molecule has 7 atom stereocenters. The van der Waals surface area contributed by atoms with E-state index in [4.69, 9.17) is 9.47 Å². The van der Waals surface area contributed by atoms with Crippen molar-refractivity contribution >= 4 is 5.91 Å². The number of carbonyl (C=O) groups excluding carboxylic acids is 1. The summed E-state index contributed by atoms with van der Waals surface area (Å²) in [6, 6.07) is -0.816. The van der Waals surface area contributed by atoms with E-state index >= 15 is 0 Å². The second-order valence-electron chi connectivity index (χ2n) is 19.4. The van der Waals surface area contributed by atoms with E-state index in [1.54, 1.807) is 6.08 Å². The molecule has 0 saturated carbocycles. The summed E-state index contributed by atoms with van der Waals surface area (Å²) in [5.74, 6) is -0.190. The van der Waals surface area contributed by atoms with Crippen LogP contribution in [0, 0.1) is 0 Å². The SMILES string of the molecule is CCCCCCCCCCCCCCCCCCCCCCCCCCCCC/C=C/CC/C=C/C(O)C(COC1OC(CO)C(O)C(O)C1O)NC(=O)CCCCCCCCCC. The monoisotopic (exact) mass is 908 g/mol. The lowest BCUT2D eigenvalue weighted by molar-refractivity contribution is -0.302. The summed E-state index contributed by atoms with van der Waals surface area (Å²) in [5, 5.41) is 54.1. The number of nitrogens with one attached hydrogen (secondary N) is 1. The maximum absolute atomic E-state index is 12.9. The van der Waals surface area contributed by atoms with Crippen molar-refractivity contribution < 1.29 is 39.8 Å². The average molecular weight is 908 g/mol. The third-order valence-corrected chi connectivity index (χ3v) is 13.3. The van der Waals surface area contributed by atoms with Crippen molar-refractivity contribution in [1.29, 1.82) is 0 Å². The first-order valence-electron chi connectivity index (χ1n) is 27.6. The van der Waals surface area contributed by atoms with Crippen molar-refractivity contribution in [1.82, 2.24) is 5.32 Å². The molecule has 6 N–H and O–H groups in total. The first-order chi connectivity index (χ1) is 31.3. The van der Waals surface area contributed by atoms with Gasteiger partial charge in [0.2, 0.25) is 5.91 Å². The largest absolute Gasteiger partial charge is 0.394 e. The summed E-state index contributed by atoms with van der Waals surface area (Å²) < 4.78 is 11.2. The van der Waals surface area contributed by atoms with Crippen molar-refractivity contribution in [2.75, 3.05) is 13.2 Å². The fourth-order valence-electron chi connectivity index (χ4n) is 8.88. The Labute approximate surface area is 394 Å². The van der Waals surface area contributed by atoms with Crippen LogP contribution in [-0.4, -0.2) is 87.5 Å². The first-order valence-corrected chi connectivity index (χ1v) is 27.6. The lowest BCUT2D eigenvalue weighted by atomic mass is 9.99. The minimum atomic E-state index is -1.57. The molecule has 64 heavy (non-hydrogen) atoms. The summed E-state index contributed by atoms with van der Waals surface area (Å²) in [5.41, 5.74) is 0. The molecule has 1 rings (SSSR count). The van der Waals surface area contributed by atoms with Crippen LogP contribution in [0.3, 0.4) is 0 Å². The molecule has 1 fully saturated rings. The molecule has 0 spiro atoms. The fourth-order valence-corrected chi connectivity index (χ4v) is 8.88. The Morgan fingerprint density at radius 1 is 0.516 bits per heavy atom. The minimum absolute atomic E-state index is 0.190. The smallest absolute Gasteiger partial charge is 0.220 e. The number of amides is 1. The van der Waals surface area contributed by atoms with E-state index in [9.17, 15) is 30.3 Å². The van der Waals surface area contributed by atoms with E-state index < -0.39 is 49.5 Å². The Hall–Kier alpha value is -1.33. The number of hydrogen-bond acceptors (Lipinski definition) is 8. The van der Waals surface area contributed by atoms with Crippen LogP contribution in [0.25, 0.3) is 0 Å². The molecule has 0 aromatic carbocycles. The second-order valence-corrected chi connectivity index (χ2v) is 19.4. The Kier molecular flexibility index (Phi) is 43.1. The topological polar surface area (TPSA) is 149 Å². The van der Waals surface area contributed by atoms with Crippen molar-refractivity contribution in [2.24, 2.45) is 0 Å². The van der Waals surface area contributed by atoms with Crippen LogP contribution in [0.1, 0.15) is 264 Å². The number of rotatable bonds is 47. The fraction of sp³-hybridized carbons (Fsp3) is 0.909. The molecule has 0 aliphatic carbocycles. The van der Waals surface area contributed by atoms with Gasteiger partial charge in [0, 0.05) is 6.42 Å². The minimum Gasteiger partial charge on any atom is -0.394 e. The third kappa shape index (κ3) is 34.9. The van der Waals surface area contributed by atoms with E-state index in [0.29, 0.717) is 6.42 Å². The molecule has 0 bridgehead atoms. The summed E-state index contributed by atoms with van der Waals surface area (Å²) in [6.07, 6.45) is 50.1. The van der Waals surface area contributed by atoms with E-state index in [0.717, 1.165) is 38.5 Å². The van der Waals surface area contributed by atoms with Gasteiger partial charge in [-0.2, -0.15) is 0 Å². The average Bonchev–Trinajstić information content (AvgIpc) is 3.29. The van der Waals surface area contributed by atoms with Gasteiger partial charge in [0.1, 0.15) is 24.4 Å². The van der Waals surface area contributed by atoms with Gasteiger partial charge in [-0.25, -0.2) is 0 Å². The highest BCUT2D eigenvalue weighted by Crippen LogP contribution is 2.23. The maximum atomic E-state index is 12.9. The Bertz CT molecular complexity index is 1060. The normalized spacial score (nSPS) is 20.1. The summed E-state index contributed by atoms with van der Waals surface area (Å²) in [4.78, 5) is 12.9. The van der Waals surface area contributed by atoms with Gasteiger partial charge in [-0.15, -0.1) is 0 Å². The number of allylic oxidation sites excluding steroid dienone is 3. The predicted molar refractivity (Wildman–Crippen MR) is 267 cm³/mol. The Morgan fingerprint density at radius 3 is 1.31 bits per heavy atom. The zero-order valence-corrected chi connectivity index (χ0v) is 41.8. The number of carbonyl (C=O) groups is 1. The molecular formula is C55H105NO8. The van der Waals surface area contributed by atoms with Crippen molar-refractivity contribution in [3.05, 3.63) is 24.3 Å². The van der Waals surface area contributed by atoms with E-state index in [-0.39, 0.29) is 12.5 Å². The molecule has 7 unspecified atom stereocenters. The molecule has 9 heteroatoms. The highest BCUT2D eigenvalue weighted by atomic mass is 16.7. The molecule has 0 aromatic rings. The number of unbranched alkanes of at least 4 members (excludes halogenated alkanes) is 35. The molecule has 378 valence electrons. The molecule has 1 saturated heterocycles. The van der Waals surface area contributed by atoms with Gasteiger partial charge < -0.3 is 40.3 Å². The lowest BCUT2D eigenvalue weighted by Crippen LogP contribution is -2.60. The molecule has 1 heterocycles. The quantitative estimate of drug-likeness (QED) is 0.0261. The first kappa shape index (κ1) is 60.7. The molecule has 1 amide bonds. The van der Waals surface area contributed by atoms with Gasteiger partial charge >= 0.3 is 0 Å². The molecule has 1 aliphatic heterocycles. The number of hydrogen-bond donors (Lipinski definition) is 6. The number of aliphatic hydroxyl groups is 5. The maximum Gasteiger partial charge on any atom is 0.220 e. The van der Waals surface area contributed by atoms with Gasteiger partial charge in [0.15, 0.2) is 6.29 Å². The van der Waals surface area contributed by atoms with Crippen LogP contribution in [0.2, 0.25) is 0 Å². The van der Waals surface area contributed by atoms with E-state index in [1.807, 2.05) is 6.08 Å². The van der Waals surface area contributed by atoms with Gasteiger partial charge in [0.05, 0.1) is 25.4 Å². The standard InChI is InChI=1S/C55H105NO8/c1-3-5-7-9-11-13-14-15-16-17-18-19-20-21-22-23-24-25-26-27-28-29-30-31-32-33-34-35-36-37-38-40-42-44-49(58)48(56-51(59)45-43-41-39-12-10-8-6-4-2)47-63-55-54(62)53(61)52(60)50(46-57)64-55/h36-37,42,44,48-50,52-55,57-58,60-62H,3-35,38-41,43,45-47H2,1-2H3,(H,56,59)/b37-36+,44-42+. The van der Waals surface area contributed by atoms with Crippen LogP contribution in [-0.2, 0) is 14.3 Å². The Balaban J connectivity index is 2.10. The molecule has 0 radical (unpaired) electrons. The highest BCUT2D eigenvalue weighted by molar-refractivity contribution is 5.76. The van der Waals surface area contributed by atoms with Crippen LogP contribution in [0.15, 0.2) is 24.3 Å². The lowest BCUT2D eigenvalue weighted by Gasteiger charge is -2.40. The van der Waals surface area contributed by atoms with Crippen molar-refractivity contribution in [2.45, 2.75) is 307 Å². The zero-order chi connectivity index (χ0) is 46.6. The summed E-state index contributed by atoms with van der Waals surface area (Å²) >= 11 is 0. The second kappa shape index (κ2) is 45.5. The van der Waals surface area contributed by atoms with Gasteiger partial charge in [0.25, 0.3) is 0 Å². The summed E-state index contributed by atoms with van der Waals surface area (Å²) in [6.45, 7) is 3.74. The molecule has 9 nitrogen and oxygen atoms in total. The Morgan fingerprint density at radius 2 is 0.891 bits per heavy atom. The van der Waals surface area contributed by atoms with Crippen LogP contribution in [0.4, 0.5) is 0 Å². The van der Waals surface area contributed by atoms with E-state index in [2.05, 4.69) is 31.3 Å². The predicted octanol–water partition coefficient (Wildman–Crippen LogP) is 13.0. The van der Waals surface area contributed by atoms with Crippen LogP contribution in [0.5, 0.6) is 0 Å². The van der Waals surface area contributed by atoms with Crippen molar-refractivity contribution in [3.8, 4) is 0 Å². The number of aliphatic hydroxyl groups excluding tert-OH is 5. The molecule has 1 aliphatic rings.